The van der Waals surface area contributed by atoms with Crippen molar-refractivity contribution in [1.29, 1.82) is 0 Å². The molecule has 0 bridgehead atoms. The molecule has 0 saturated heterocycles. The number of hydrogen-bond acceptors (Lipinski definition) is 4. The zero-order valence-electron chi connectivity index (χ0n) is 8.61. The molecule has 84 valence electrons. The van der Waals surface area contributed by atoms with Gasteiger partial charge in [0.15, 0.2) is 0 Å². The van der Waals surface area contributed by atoms with E-state index < -0.39 is 5.97 Å². The van der Waals surface area contributed by atoms with Gasteiger partial charge in [0.25, 0.3) is 0 Å². The standard InChI is InChI=1S/C9H19NO4/c1-14-8-6-10(4-2-7-11)5-3-9(12)13/h11H,2-8H2,1H3,(H,12,13). The Kier molecular flexibility index (Phi) is 8.51. The van der Waals surface area contributed by atoms with Crippen LogP contribution in [0.25, 0.3) is 0 Å². The van der Waals surface area contributed by atoms with Crippen molar-refractivity contribution in [2.24, 2.45) is 0 Å². The molecular weight excluding hydrogens is 186 g/mol. The number of carboxylic acid groups (broad SMARTS) is 1. The Balaban J connectivity index is 3.65. The molecule has 0 heterocycles. The molecule has 0 aromatic heterocycles. The van der Waals surface area contributed by atoms with Crippen molar-refractivity contribution in [1.82, 2.24) is 4.90 Å². The largest absolute Gasteiger partial charge is 0.481 e. The lowest BCUT2D eigenvalue weighted by atomic mass is 10.3. The molecule has 0 aliphatic carbocycles. The Labute approximate surface area is 84.3 Å². The van der Waals surface area contributed by atoms with Crippen molar-refractivity contribution in [3.05, 3.63) is 0 Å². The fourth-order valence-corrected chi connectivity index (χ4v) is 1.10. The first-order valence-electron chi connectivity index (χ1n) is 4.74. The lowest BCUT2D eigenvalue weighted by molar-refractivity contribution is -0.137. The van der Waals surface area contributed by atoms with E-state index in [4.69, 9.17) is 14.9 Å². The lowest BCUT2D eigenvalue weighted by Crippen LogP contribution is -2.31. The monoisotopic (exact) mass is 205 g/mol. The van der Waals surface area contributed by atoms with E-state index in [2.05, 4.69) is 0 Å². The predicted octanol–water partition coefficient (Wildman–Crippen LogP) is -0.208. The Morgan fingerprint density at radius 1 is 1.36 bits per heavy atom. The lowest BCUT2D eigenvalue weighted by Gasteiger charge is -2.20. The minimum Gasteiger partial charge on any atom is -0.481 e. The molecule has 0 unspecified atom stereocenters. The van der Waals surface area contributed by atoms with Crippen LogP contribution in [0.4, 0.5) is 0 Å². The van der Waals surface area contributed by atoms with Crippen molar-refractivity contribution < 1.29 is 19.7 Å². The Morgan fingerprint density at radius 3 is 2.57 bits per heavy atom. The van der Waals surface area contributed by atoms with Crippen molar-refractivity contribution in [2.45, 2.75) is 12.8 Å². The summed E-state index contributed by atoms with van der Waals surface area (Å²) in [5.74, 6) is -0.795. The topological polar surface area (TPSA) is 70.0 Å². The van der Waals surface area contributed by atoms with Crippen LogP contribution in [0.2, 0.25) is 0 Å². The molecule has 0 aliphatic heterocycles. The third-order valence-electron chi connectivity index (χ3n) is 1.89. The van der Waals surface area contributed by atoms with Crippen molar-refractivity contribution in [3.63, 3.8) is 0 Å². The van der Waals surface area contributed by atoms with Gasteiger partial charge in [0, 0.05) is 33.4 Å². The van der Waals surface area contributed by atoms with E-state index >= 15 is 0 Å². The van der Waals surface area contributed by atoms with Gasteiger partial charge in [0.05, 0.1) is 13.0 Å². The molecule has 0 radical (unpaired) electrons. The summed E-state index contributed by atoms with van der Waals surface area (Å²) in [5.41, 5.74) is 0. The minimum absolute atomic E-state index is 0.134. The molecule has 0 fully saturated rings. The third kappa shape index (κ3) is 7.97. The van der Waals surface area contributed by atoms with Gasteiger partial charge < -0.3 is 19.8 Å². The molecule has 5 nitrogen and oxygen atoms in total. The van der Waals surface area contributed by atoms with E-state index in [1.165, 1.54) is 0 Å². The Hall–Kier alpha value is -0.650. The van der Waals surface area contributed by atoms with Gasteiger partial charge in [-0.05, 0) is 6.42 Å². The van der Waals surface area contributed by atoms with Gasteiger partial charge in [-0.15, -0.1) is 0 Å². The molecule has 0 aliphatic rings. The van der Waals surface area contributed by atoms with Gasteiger partial charge >= 0.3 is 5.97 Å². The van der Waals surface area contributed by atoms with Crippen LogP contribution in [0.1, 0.15) is 12.8 Å². The SMILES string of the molecule is COCCN(CCCO)CCC(=O)O. The number of nitrogens with zero attached hydrogens (tertiary/aromatic N) is 1. The summed E-state index contributed by atoms with van der Waals surface area (Å²) in [7, 11) is 1.61. The number of aliphatic carboxylic acids is 1. The first-order valence-corrected chi connectivity index (χ1v) is 4.74. The summed E-state index contributed by atoms with van der Waals surface area (Å²) in [4.78, 5) is 12.3. The minimum atomic E-state index is -0.795. The third-order valence-corrected chi connectivity index (χ3v) is 1.89. The van der Waals surface area contributed by atoms with Crippen molar-refractivity contribution >= 4 is 5.97 Å². The number of carbonyl (C=O) groups is 1. The first-order chi connectivity index (χ1) is 6.70. The second-order valence-corrected chi connectivity index (χ2v) is 3.06. The Morgan fingerprint density at radius 2 is 2.07 bits per heavy atom. The fraction of sp³-hybridized carbons (Fsp3) is 0.889. The highest BCUT2D eigenvalue weighted by atomic mass is 16.5. The number of rotatable bonds is 9. The van der Waals surface area contributed by atoms with Crippen LogP contribution in [0.15, 0.2) is 0 Å². The highest BCUT2D eigenvalue weighted by Gasteiger charge is 2.06. The van der Waals surface area contributed by atoms with Crippen molar-refractivity contribution in [2.75, 3.05) is 40.0 Å². The van der Waals surface area contributed by atoms with Gasteiger partial charge in [-0.25, -0.2) is 0 Å². The molecule has 0 saturated carbocycles. The van der Waals surface area contributed by atoms with Gasteiger partial charge in [-0.1, -0.05) is 0 Å². The van der Waals surface area contributed by atoms with Crippen LogP contribution in [-0.4, -0.2) is 61.0 Å². The highest BCUT2D eigenvalue weighted by Crippen LogP contribution is 1.94. The van der Waals surface area contributed by atoms with E-state index in [-0.39, 0.29) is 13.0 Å². The number of carboxylic acids is 1. The number of aliphatic hydroxyl groups excluding tert-OH is 1. The molecule has 14 heavy (non-hydrogen) atoms. The van der Waals surface area contributed by atoms with Crippen LogP contribution >= 0.6 is 0 Å². The summed E-state index contributed by atoms with van der Waals surface area (Å²) in [6.45, 7) is 2.66. The number of aliphatic hydroxyl groups is 1. The van der Waals surface area contributed by atoms with E-state index in [1.54, 1.807) is 7.11 Å². The second kappa shape index (κ2) is 8.93. The average molecular weight is 205 g/mol. The molecule has 0 atom stereocenters. The van der Waals surface area contributed by atoms with Gasteiger partial charge in [0.2, 0.25) is 0 Å². The van der Waals surface area contributed by atoms with E-state index in [9.17, 15) is 4.79 Å². The first kappa shape index (κ1) is 13.4. The summed E-state index contributed by atoms with van der Waals surface area (Å²) >= 11 is 0. The molecular formula is C9H19NO4. The average Bonchev–Trinajstić information content (AvgIpc) is 2.16. The maximum absolute atomic E-state index is 10.3. The van der Waals surface area contributed by atoms with Crippen LogP contribution in [0, 0.1) is 0 Å². The zero-order chi connectivity index (χ0) is 10.8. The number of methoxy groups -OCH3 is 1. The number of hydrogen-bond donors (Lipinski definition) is 2. The summed E-state index contributed by atoms with van der Waals surface area (Å²) in [5, 5.41) is 17.1. The van der Waals surface area contributed by atoms with E-state index in [0.29, 0.717) is 32.7 Å². The summed E-state index contributed by atoms with van der Waals surface area (Å²) in [6, 6.07) is 0. The van der Waals surface area contributed by atoms with Gasteiger partial charge in [-0.2, -0.15) is 0 Å². The van der Waals surface area contributed by atoms with Crippen molar-refractivity contribution in [3.8, 4) is 0 Å². The van der Waals surface area contributed by atoms with Crippen LogP contribution in [0.5, 0.6) is 0 Å². The maximum Gasteiger partial charge on any atom is 0.304 e. The fourth-order valence-electron chi connectivity index (χ4n) is 1.10. The molecule has 0 aromatic rings. The molecule has 0 spiro atoms. The smallest absolute Gasteiger partial charge is 0.304 e. The quantitative estimate of drug-likeness (QED) is 0.545. The predicted molar refractivity (Wildman–Crippen MR) is 52.3 cm³/mol. The Bertz CT molecular complexity index is 144. The van der Waals surface area contributed by atoms with Crippen LogP contribution in [-0.2, 0) is 9.53 Å². The molecule has 2 N–H and O–H groups in total. The maximum atomic E-state index is 10.3. The molecule has 0 aromatic carbocycles. The summed E-state index contributed by atoms with van der Waals surface area (Å²) in [6.07, 6.45) is 0.804. The van der Waals surface area contributed by atoms with Crippen LogP contribution in [0.3, 0.4) is 0 Å². The normalized spacial score (nSPS) is 10.8. The van der Waals surface area contributed by atoms with Gasteiger partial charge in [-0.3, -0.25) is 4.79 Å². The van der Waals surface area contributed by atoms with Gasteiger partial charge in [0.1, 0.15) is 0 Å². The summed E-state index contributed by atoms with van der Waals surface area (Å²) < 4.78 is 4.91. The van der Waals surface area contributed by atoms with E-state index in [1.807, 2.05) is 4.90 Å². The highest BCUT2D eigenvalue weighted by molar-refractivity contribution is 5.66. The molecule has 0 rings (SSSR count). The zero-order valence-corrected chi connectivity index (χ0v) is 8.61. The van der Waals surface area contributed by atoms with E-state index in [0.717, 1.165) is 0 Å². The second-order valence-electron chi connectivity index (χ2n) is 3.06. The molecule has 0 amide bonds. The molecule has 5 heteroatoms. The number of ether oxygens (including phenoxy) is 1. The van der Waals surface area contributed by atoms with Crippen LogP contribution < -0.4 is 0 Å².